The molecule has 0 saturated carbocycles. The topological polar surface area (TPSA) is 94.5 Å². The van der Waals surface area contributed by atoms with Crippen LogP contribution in [-0.2, 0) is 25.6 Å². The van der Waals surface area contributed by atoms with E-state index in [0.717, 1.165) is 15.6 Å². The van der Waals surface area contributed by atoms with Crippen LogP contribution in [0.4, 0.5) is 0 Å². The molecule has 0 aromatic heterocycles. The van der Waals surface area contributed by atoms with Crippen LogP contribution in [0, 0.1) is 0 Å². The Labute approximate surface area is 200 Å². The van der Waals surface area contributed by atoms with Crippen molar-refractivity contribution >= 4 is 27.9 Å². The van der Waals surface area contributed by atoms with E-state index < -0.39 is 11.9 Å². The van der Waals surface area contributed by atoms with Gasteiger partial charge in [-0.25, -0.2) is 9.59 Å². The minimum atomic E-state index is -0.673. The van der Waals surface area contributed by atoms with Crippen molar-refractivity contribution in [3.05, 3.63) is 69.9 Å². The third kappa shape index (κ3) is 5.66. The molecule has 2 heterocycles. The van der Waals surface area contributed by atoms with E-state index in [0.29, 0.717) is 30.9 Å². The Hall–Kier alpha value is -3.04. The zero-order valence-corrected chi connectivity index (χ0v) is 20.1. The molecule has 33 heavy (non-hydrogen) atoms. The quantitative estimate of drug-likeness (QED) is 0.412. The van der Waals surface area contributed by atoms with Crippen LogP contribution in [-0.4, -0.2) is 55.6 Å². The van der Waals surface area contributed by atoms with Gasteiger partial charge in [0.25, 0.3) is 0 Å². The Kier molecular flexibility index (Phi) is 8.35. The fraction of sp³-hybridized carbons (Fsp3) is 0.333. The molecule has 0 saturated heterocycles. The number of hydrogen-bond donors (Lipinski definition) is 1. The van der Waals surface area contributed by atoms with E-state index >= 15 is 0 Å². The first-order valence-electron chi connectivity index (χ1n) is 10.3. The lowest BCUT2D eigenvalue weighted by Crippen LogP contribution is -2.31. The van der Waals surface area contributed by atoms with Crippen molar-refractivity contribution in [3.8, 4) is 11.5 Å². The van der Waals surface area contributed by atoms with E-state index in [1.54, 1.807) is 18.4 Å². The van der Waals surface area contributed by atoms with Gasteiger partial charge in [0.15, 0.2) is 11.5 Å². The summed E-state index contributed by atoms with van der Waals surface area (Å²) in [6.45, 7) is 4.45. The van der Waals surface area contributed by atoms with E-state index in [2.05, 4.69) is 22.5 Å². The molecule has 1 aromatic rings. The molecule has 9 heteroatoms. The van der Waals surface area contributed by atoms with Crippen molar-refractivity contribution in [2.45, 2.75) is 25.4 Å². The lowest BCUT2D eigenvalue weighted by molar-refractivity contribution is -0.139. The van der Waals surface area contributed by atoms with Crippen molar-refractivity contribution in [3.63, 3.8) is 0 Å². The van der Waals surface area contributed by atoms with E-state index in [1.807, 2.05) is 23.1 Å². The van der Waals surface area contributed by atoms with Gasteiger partial charge < -0.3 is 29.0 Å². The van der Waals surface area contributed by atoms with Crippen LogP contribution in [0.2, 0.25) is 0 Å². The Morgan fingerprint density at radius 2 is 1.88 bits per heavy atom. The van der Waals surface area contributed by atoms with Crippen LogP contribution in [0.1, 0.15) is 18.4 Å². The minimum Gasteiger partial charge on any atom is -0.465 e. The number of carbonyl (C=O) groups is 2. The SMILES string of the molecule is C=CC1C=C(CCCO)C=C(C(=O)OC)C(C(=O)OC)=CN1Cc1cc2c(cc1Br)OCO2. The summed E-state index contributed by atoms with van der Waals surface area (Å²) in [5, 5.41) is 9.32. The molecule has 0 radical (unpaired) electrons. The number of carbonyl (C=O) groups excluding carboxylic acids is 2. The average Bonchev–Trinajstić information content (AvgIpc) is 3.26. The number of aliphatic hydroxyl groups excluding tert-OH is 1. The first-order valence-corrected chi connectivity index (χ1v) is 11.1. The summed E-state index contributed by atoms with van der Waals surface area (Å²) in [5.74, 6) is -0.0659. The molecular weight excluding hydrogens is 494 g/mol. The van der Waals surface area contributed by atoms with Crippen LogP contribution in [0.5, 0.6) is 11.5 Å². The van der Waals surface area contributed by atoms with Crippen molar-refractivity contribution in [2.24, 2.45) is 0 Å². The molecule has 1 unspecified atom stereocenters. The normalized spacial score (nSPS) is 17.3. The molecule has 2 aliphatic rings. The van der Waals surface area contributed by atoms with Gasteiger partial charge in [0.1, 0.15) is 0 Å². The Morgan fingerprint density at radius 1 is 1.21 bits per heavy atom. The summed E-state index contributed by atoms with van der Waals surface area (Å²) in [7, 11) is 2.51. The number of hydrogen-bond acceptors (Lipinski definition) is 8. The van der Waals surface area contributed by atoms with Crippen LogP contribution in [0.15, 0.2) is 64.3 Å². The molecule has 1 atom stereocenters. The van der Waals surface area contributed by atoms with E-state index in [-0.39, 0.29) is 30.6 Å². The predicted molar refractivity (Wildman–Crippen MR) is 124 cm³/mol. The maximum Gasteiger partial charge on any atom is 0.340 e. The number of fused-ring (bicyclic) bond motifs is 1. The van der Waals surface area contributed by atoms with Crippen LogP contribution in [0.25, 0.3) is 0 Å². The van der Waals surface area contributed by atoms with E-state index in [1.165, 1.54) is 14.2 Å². The second-order valence-corrected chi connectivity index (χ2v) is 8.20. The Morgan fingerprint density at radius 3 is 2.52 bits per heavy atom. The van der Waals surface area contributed by atoms with E-state index in [9.17, 15) is 14.7 Å². The molecule has 2 aliphatic heterocycles. The number of methoxy groups -OCH3 is 2. The fourth-order valence-corrected chi connectivity index (χ4v) is 4.02. The standard InChI is InChI=1S/C24H26BrNO7/c1-4-17-8-15(6-5-7-27)9-18(23(28)30-2)19(24(29)31-3)13-26(17)12-16-10-21-22(11-20(16)25)33-14-32-21/h4,8-11,13,17,27H,1,5-7,12,14H2,2-3H3. The number of esters is 2. The first-order chi connectivity index (χ1) is 15.9. The van der Waals surface area contributed by atoms with Gasteiger partial charge in [-0.3, -0.25) is 0 Å². The highest BCUT2D eigenvalue weighted by Crippen LogP contribution is 2.38. The van der Waals surface area contributed by atoms with Crippen molar-refractivity contribution < 1.29 is 33.6 Å². The molecule has 0 amide bonds. The van der Waals surface area contributed by atoms with Gasteiger partial charge in [-0.1, -0.05) is 28.1 Å². The Bertz CT molecular complexity index is 1030. The summed E-state index contributed by atoms with van der Waals surface area (Å²) >= 11 is 3.57. The molecular formula is C24H26BrNO7. The lowest BCUT2D eigenvalue weighted by atomic mass is 9.96. The molecule has 0 fully saturated rings. The summed E-state index contributed by atoms with van der Waals surface area (Å²) < 4.78 is 21.6. The molecule has 0 spiro atoms. The summed E-state index contributed by atoms with van der Waals surface area (Å²) in [6.07, 6.45) is 7.86. The lowest BCUT2D eigenvalue weighted by Gasteiger charge is -2.30. The fourth-order valence-electron chi connectivity index (χ4n) is 3.57. The molecule has 0 bridgehead atoms. The van der Waals surface area contributed by atoms with Crippen molar-refractivity contribution in [1.29, 1.82) is 0 Å². The molecule has 0 aliphatic carbocycles. The van der Waals surface area contributed by atoms with Crippen LogP contribution >= 0.6 is 15.9 Å². The number of benzene rings is 1. The highest BCUT2D eigenvalue weighted by atomic mass is 79.9. The zero-order chi connectivity index (χ0) is 24.0. The van der Waals surface area contributed by atoms with Gasteiger partial charge in [-0.15, -0.1) is 6.58 Å². The number of aliphatic hydroxyl groups is 1. The number of nitrogens with zero attached hydrogens (tertiary/aromatic N) is 1. The number of rotatable bonds is 8. The molecule has 3 rings (SSSR count). The first kappa shape index (κ1) is 24.6. The third-order valence-corrected chi connectivity index (χ3v) is 5.99. The number of halogens is 1. The maximum atomic E-state index is 12.7. The van der Waals surface area contributed by atoms with Crippen molar-refractivity contribution in [1.82, 2.24) is 4.90 Å². The summed E-state index contributed by atoms with van der Waals surface area (Å²) in [5.41, 5.74) is 1.77. The highest BCUT2D eigenvalue weighted by Gasteiger charge is 2.28. The second kappa shape index (κ2) is 11.2. The van der Waals surface area contributed by atoms with Crippen LogP contribution in [0.3, 0.4) is 0 Å². The molecule has 1 N–H and O–H groups in total. The van der Waals surface area contributed by atoms with Crippen molar-refractivity contribution in [2.75, 3.05) is 27.6 Å². The van der Waals surface area contributed by atoms with E-state index in [4.69, 9.17) is 18.9 Å². The maximum absolute atomic E-state index is 12.7. The van der Waals surface area contributed by atoms with Gasteiger partial charge in [0.2, 0.25) is 6.79 Å². The molecule has 8 nitrogen and oxygen atoms in total. The minimum absolute atomic E-state index is 0.00888. The van der Waals surface area contributed by atoms with Gasteiger partial charge in [-0.05, 0) is 42.2 Å². The summed E-state index contributed by atoms with van der Waals surface area (Å²) in [6, 6.07) is 3.38. The molecule has 1 aromatic carbocycles. The number of allylic oxidation sites excluding steroid dienone is 2. The largest absolute Gasteiger partial charge is 0.465 e. The third-order valence-electron chi connectivity index (χ3n) is 5.25. The summed E-state index contributed by atoms with van der Waals surface area (Å²) in [4.78, 5) is 27.2. The second-order valence-electron chi connectivity index (χ2n) is 7.35. The Balaban J connectivity index is 2.12. The van der Waals surface area contributed by atoms with Gasteiger partial charge >= 0.3 is 11.9 Å². The smallest absolute Gasteiger partial charge is 0.340 e. The monoisotopic (exact) mass is 519 g/mol. The molecule has 176 valence electrons. The highest BCUT2D eigenvalue weighted by molar-refractivity contribution is 9.10. The van der Waals surface area contributed by atoms with Gasteiger partial charge in [-0.2, -0.15) is 0 Å². The van der Waals surface area contributed by atoms with Crippen LogP contribution < -0.4 is 9.47 Å². The number of ether oxygens (including phenoxy) is 4. The zero-order valence-electron chi connectivity index (χ0n) is 18.5. The predicted octanol–water partition coefficient (Wildman–Crippen LogP) is 3.40. The van der Waals surface area contributed by atoms with Gasteiger partial charge in [0, 0.05) is 23.8 Å². The average molecular weight is 520 g/mol. The van der Waals surface area contributed by atoms with Gasteiger partial charge in [0.05, 0.1) is 31.4 Å².